The molecule has 21 heavy (non-hydrogen) atoms. The molecule has 8 heteroatoms. The lowest BCUT2D eigenvalue weighted by molar-refractivity contribution is 0.767. The summed E-state index contributed by atoms with van der Waals surface area (Å²) in [4.78, 5) is 8.65. The summed E-state index contributed by atoms with van der Waals surface area (Å²) in [7, 11) is 3.73. The van der Waals surface area contributed by atoms with E-state index in [9.17, 15) is 0 Å². The molecule has 3 N–H and O–H groups in total. The van der Waals surface area contributed by atoms with Gasteiger partial charge in [0.2, 0.25) is 5.95 Å². The Hall–Kier alpha value is -2.90. The van der Waals surface area contributed by atoms with Gasteiger partial charge >= 0.3 is 0 Å². The van der Waals surface area contributed by atoms with E-state index in [0.717, 1.165) is 16.9 Å². The van der Waals surface area contributed by atoms with Crippen LogP contribution >= 0.6 is 0 Å². The van der Waals surface area contributed by atoms with E-state index in [0.29, 0.717) is 18.1 Å². The smallest absolute Gasteiger partial charge is 0.227 e. The first-order valence-corrected chi connectivity index (χ1v) is 6.45. The Morgan fingerprint density at radius 1 is 1.10 bits per heavy atom. The Morgan fingerprint density at radius 3 is 2.52 bits per heavy atom. The lowest BCUT2D eigenvalue weighted by Gasteiger charge is -2.06. The molecule has 3 aromatic heterocycles. The summed E-state index contributed by atoms with van der Waals surface area (Å²) in [6, 6.07) is 0. The summed E-state index contributed by atoms with van der Waals surface area (Å²) in [6.45, 7) is 0. The van der Waals surface area contributed by atoms with Gasteiger partial charge in [-0.15, -0.1) is 0 Å². The van der Waals surface area contributed by atoms with E-state index in [2.05, 4.69) is 25.5 Å². The van der Waals surface area contributed by atoms with Crippen LogP contribution in [-0.2, 0) is 20.5 Å². The summed E-state index contributed by atoms with van der Waals surface area (Å²) in [5.41, 5.74) is 9.16. The van der Waals surface area contributed by atoms with Crippen molar-refractivity contribution in [1.29, 1.82) is 0 Å². The third kappa shape index (κ3) is 2.99. The van der Waals surface area contributed by atoms with Crippen LogP contribution in [-0.4, -0.2) is 29.5 Å². The standard InChI is InChI=1S/C13H16N8/c1-20-7-9(4-16-20)3-12-11(14)6-15-13(19-12)18-10-5-17-21(2)8-10/h4-8H,3,14H2,1-2H3,(H,15,18,19). The molecule has 0 bridgehead atoms. The van der Waals surface area contributed by atoms with Crippen molar-refractivity contribution in [2.24, 2.45) is 14.1 Å². The fraction of sp³-hybridized carbons (Fsp3) is 0.231. The normalized spacial score (nSPS) is 10.8. The highest BCUT2D eigenvalue weighted by atomic mass is 15.3. The topological polar surface area (TPSA) is 99.5 Å². The summed E-state index contributed by atoms with van der Waals surface area (Å²) in [5.74, 6) is 0.496. The van der Waals surface area contributed by atoms with Crippen molar-refractivity contribution in [2.75, 3.05) is 11.1 Å². The molecular weight excluding hydrogens is 268 g/mol. The average Bonchev–Trinajstić information content (AvgIpc) is 3.03. The molecule has 0 aromatic carbocycles. The molecule has 0 aliphatic heterocycles. The summed E-state index contributed by atoms with van der Waals surface area (Å²) < 4.78 is 3.46. The molecule has 8 nitrogen and oxygen atoms in total. The zero-order chi connectivity index (χ0) is 14.8. The largest absolute Gasteiger partial charge is 0.396 e. The number of rotatable bonds is 4. The number of hydrogen-bond acceptors (Lipinski definition) is 6. The third-order valence-electron chi connectivity index (χ3n) is 2.99. The van der Waals surface area contributed by atoms with Crippen molar-refractivity contribution >= 4 is 17.3 Å². The predicted octanol–water partition coefficient (Wildman–Crippen LogP) is 0.860. The second-order valence-electron chi connectivity index (χ2n) is 4.82. The molecule has 0 aliphatic rings. The van der Waals surface area contributed by atoms with Crippen LogP contribution in [0, 0.1) is 0 Å². The Balaban J connectivity index is 1.82. The number of hydrogen-bond donors (Lipinski definition) is 2. The zero-order valence-corrected chi connectivity index (χ0v) is 11.9. The van der Waals surface area contributed by atoms with Crippen LogP contribution in [0.2, 0.25) is 0 Å². The minimum absolute atomic E-state index is 0.496. The Labute approximate surface area is 121 Å². The molecule has 0 spiro atoms. The highest BCUT2D eigenvalue weighted by Crippen LogP contribution is 2.17. The number of aromatic nitrogens is 6. The van der Waals surface area contributed by atoms with Crippen LogP contribution in [0.15, 0.2) is 31.0 Å². The van der Waals surface area contributed by atoms with Gasteiger partial charge < -0.3 is 11.1 Å². The fourth-order valence-electron chi connectivity index (χ4n) is 2.00. The van der Waals surface area contributed by atoms with Gasteiger partial charge in [0.25, 0.3) is 0 Å². The number of aryl methyl sites for hydroxylation is 2. The third-order valence-corrected chi connectivity index (χ3v) is 2.99. The Morgan fingerprint density at radius 2 is 1.86 bits per heavy atom. The highest BCUT2D eigenvalue weighted by molar-refractivity contribution is 5.53. The maximum absolute atomic E-state index is 5.95. The molecule has 0 unspecified atom stereocenters. The van der Waals surface area contributed by atoms with E-state index < -0.39 is 0 Å². The monoisotopic (exact) mass is 284 g/mol. The van der Waals surface area contributed by atoms with E-state index in [1.807, 2.05) is 26.5 Å². The minimum Gasteiger partial charge on any atom is -0.396 e. The number of nitrogens with zero attached hydrogens (tertiary/aromatic N) is 6. The maximum atomic E-state index is 5.95. The molecule has 0 fully saturated rings. The van der Waals surface area contributed by atoms with Gasteiger partial charge in [0.05, 0.1) is 35.7 Å². The van der Waals surface area contributed by atoms with Crippen molar-refractivity contribution in [3.8, 4) is 0 Å². The molecular formula is C13H16N8. The lowest BCUT2D eigenvalue weighted by atomic mass is 10.2. The van der Waals surface area contributed by atoms with Crippen LogP contribution in [0.3, 0.4) is 0 Å². The molecule has 108 valence electrons. The molecule has 0 aliphatic carbocycles. The van der Waals surface area contributed by atoms with Crippen molar-refractivity contribution < 1.29 is 0 Å². The first-order valence-electron chi connectivity index (χ1n) is 6.45. The molecule has 3 rings (SSSR count). The Kier molecular flexibility index (Phi) is 3.27. The van der Waals surface area contributed by atoms with Gasteiger partial charge in [-0.1, -0.05) is 0 Å². The van der Waals surface area contributed by atoms with E-state index >= 15 is 0 Å². The van der Waals surface area contributed by atoms with Gasteiger partial charge in [-0.2, -0.15) is 10.2 Å². The van der Waals surface area contributed by atoms with Crippen molar-refractivity contribution in [3.05, 3.63) is 42.2 Å². The van der Waals surface area contributed by atoms with Gasteiger partial charge in [0.1, 0.15) is 0 Å². The van der Waals surface area contributed by atoms with E-state index in [1.54, 1.807) is 28.0 Å². The van der Waals surface area contributed by atoms with Crippen LogP contribution < -0.4 is 11.1 Å². The zero-order valence-electron chi connectivity index (χ0n) is 11.9. The molecule has 0 amide bonds. The maximum Gasteiger partial charge on any atom is 0.227 e. The molecule has 0 atom stereocenters. The lowest BCUT2D eigenvalue weighted by Crippen LogP contribution is -2.04. The van der Waals surface area contributed by atoms with E-state index in [1.165, 1.54) is 0 Å². The molecule has 3 aromatic rings. The second kappa shape index (κ2) is 5.23. The van der Waals surface area contributed by atoms with Crippen molar-refractivity contribution in [3.63, 3.8) is 0 Å². The summed E-state index contributed by atoms with van der Waals surface area (Å²) in [6.07, 6.45) is 9.52. The van der Waals surface area contributed by atoms with E-state index in [-0.39, 0.29) is 0 Å². The summed E-state index contributed by atoms with van der Waals surface area (Å²) in [5, 5.41) is 11.3. The van der Waals surface area contributed by atoms with Crippen molar-refractivity contribution in [1.82, 2.24) is 29.5 Å². The molecule has 0 saturated carbocycles. The number of nitrogens with one attached hydrogen (secondary N) is 1. The quantitative estimate of drug-likeness (QED) is 0.737. The first kappa shape index (κ1) is 13.1. The molecule has 3 heterocycles. The summed E-state index contributed by atoms with van der Waals surface area (Å²) >= 11 is 0. The van der Waals surface area contributed by atoms with Crippen LogP contribution in [0.25, 0.3) is 0 Å². The van der Waals surface area contributed by atoms with Gasteiger partial charge in [-0.05, 0) is 5.56 Å². The Bertz CT molecular complexity index is 757. The number of nitrogen functional groups attached to an aromatic ring is 1. The highest BCUT2D eigenvalue weighted by Gasteiger charge is 2.08. The van der Waals surface area contributed by atoms with Crippen LogP contribution in [0.1, 0.15) is 11.3 Å². The predicted molar refractivity (Wildman–Crippen MR) is 78.9 cm³/mol. The fourth-order valence-corrected chi connectivity index (χ4v) is 2.00. The van der Waals surface area contributed by atoms with E-state index in [4.69, 9.17) is 5.73 Å². The van der Waals surface area contributed by atoms with Gasteiger partial charge in [-0.3, -0.25) is 9.36 Å². The molecule has 0 radical (unpaired) electrons. The average molecular weight is 284 g/mol. The van der Waals surface area contributed by atoms with Gasteiger partial charge in [-0.25, -0.2) is 9.97 Å². The minimum atomic E-state index is 0.496. The van der Waals surface area contributed by atoms with Crippen molar-refractivity contribution in [2.45, 2.75) is 6.42 Å². The van der Waals surface area contributed by atoms with Gasteiger partial charge in [0.15, 0.2) is 0 Å². The van der Waals surface area contributed by atoms with Crippen LogP contribution in [0.4, 0.5) is 17.3 Å². The number of nitrogens with two attached hydrogens (primary N) is 1. The second-order valence-corrected chi connectivity index (χ2v) is 4.82. The first-order chi connectivity index (χ1) is 10.1. The van der Waals surface area contributed by atoms with Gasteiger partial charge in [0, 0.05) is 32.9 Å². The molecule has 0 saturated heterocycles. The van der Waals surface area contributed by atoms with Crippen LogP contribution in [0.5, 0.6) is 0 Å². The number of anilines is 3. The SMILES string of the molecule is Cn1cc(Cc2nc(Nc3cnn(C)c3)ncc2N)cn1.